The summed E-state index contributed by atoms with van der Waals surface area (Å²) in [7, 11) is 0. The highest BCUT2D eigenvalue weighted by Gasteiger charge is 2.38. The molecule has 4 nitrogen and oxygen atoms in total. The van der Waals surface area contributed by atoms with Crippen molar-refractivity contribution >= 4 is 11.6 Å². The van der Waals surface area contributed by atoms with E-state index in [9.17, 15) is 9.90 Å². The fourth-order valence-corrected chi connectivity index (χ4v) is 2.79. The summed E-state index contributed by atoms with van der Waals surface area (Å²) >= 11 is 0. The average Bonchev–Trinajstić information content (AvgIpc) is 2.33. The molecule has 1 aliphatic carbocycles. The van der Waals surface area contributed by atoms with E-state index in [1.807, 2.05) is 6.92 Å². The van der Waals surface area contributed by atoms with E-state index in [4.69, 9.17) is 5.73 Å². The number of hydrogen-bond donors (Lipinski definition) is 3. The second kappa shape index (κ2) is 5.21. The molecular weight excluding hydrogens is 240 g/mol. The predicted molar refractivity (Wildman–Crippen MR) is 76.0 cm³/mol. The van der Waals surface area contributed by atoms with E-state index in [1.165, 1.54) is 0 Å². The van der Waals surface area contributed by atoms with Crippen molar-refractivity contribution in [3.05, 3.63) is 23.8 Å². The number of phenolic OH excluding ortho intramolecular Hbond substituents is 1. The van der Waals surface area contributed by atoms with Gasteiger partial charge in [0.2, 0.25) is 5.91 Å². The quantitative estimate of drug-likeness (QED) is 0.717. The Balaban J connectivity index is 2.14. The molecule has 2 rings (SSSR count). The van der Waals surface area contributed by atoms with Gasteiger partial charge in [-0.3, -0.25) is 4.79 Å². The van der Waals surface area contributed by atoms with E-state index >= 15 is 0 Å². The Morgan fingerprint density at radius 2 is 2.26 bits per heavy atom. The third-order valence-corrected chi connectivity index (χ3v) is 3.88. The Morgan fingerprint density at radius 3 is 2.95 bits per heavy atom. The molecule has 1 fully saturated rings. The van der Waals surface area contributed by atoms with Crippen LogP contribution in [0.1, 0.15) is 38.2 Å². The van der Waals surface area contributed by atoms with Gasteiger partial charge in [-0.2, -0.15) is 0 Å². The summed E-state index contributed by atoms with van der Waals surface area (Å²) in [5.41, 5.74) is 6.84. The molecule has 2 unspecified atom stereocenters. The first-order valence-corrected chi connectivity index (χ1v) is 6.81. The fourth-order valence-electron chi connectivity index (χ4n) is 2.79. The number of hydrogen-bond acceptors (Lipinski definition) is 3. The number of phenols is 1. The van der Waals surface area contributed by atoms with E-state index in [0.29, 0.717) is 24.4 Å². The van der Waals surface area contributed by atoms with Gasteiger partial charge in [0.05, 0.1) is 11.2 Å². The van der Waals surface area contributed by atoms with Crippen LogP contribution in [0, 0.1) is 12.8 Å². The number of rotatable bonds is 2. The maximum Gasteiger partial charge on any atom is 0.244 e. The maximum absolute atomic E-state index is 12.4. The van der Waals surface area contributed by atoms with Gasteiger partial charge in [0.15, 0.2) is 0 Å². The van der Waals surface area contributed by atoms with Gasteiger partial charge < -0.3 is 16.2 Å². The van der Waals surface area contributed by atoms with Gasteiger partial charge in [-0.25, -0.2) is 0 Å². The Labute approximate surface area is 114 Å². The van der Waals surface area contributed by atoms with E-state index < -0.39 is 5.54 Å². The smallest absolute Gasteiger partial charge is 0.244 e. The second-order valence-electron chi connectivity index (χ2n) is 5.83. The molecule has 0 bridgehead atoms. The first-order chi connectivity index (χ1) is 8.90. The lowest BCUT2D eigenvalue weighted by Gasteiger charge is -2.35. The number of nitrogens with one attached hydrogen (secondary N) is 1. The molecular formula is C15H22N2O2. The van der Waals surface area contributed by atoms with Gasteiger partial charge in [-0.15, -0.1) is 0 Å². The lowest BCUT2D eigenvalue weighted by Crippen LogP contribution is -2.53. The van der Waals surface area contributed by atoms with Crippen LogP contribution in [0.4, 0.5) is 5.69 Å². The summed E-state index contributed by atoms with van der Waals surface area (Å²) in [5, 5.41) is 12.5. The summed E-state index contributed by atoms with van der Waals surface area (Å²) in [5.74, 6) is 0.349. The highest BCUT2D eigenvalue weighted by atomic mass is 16.3. The maximum atomic E-state index is 12.4. The number of amides is 1. The van der Waals surface area contributed by atoms with Crippen molar-refractivity contribution in [1.82, 2.24) is 0 Å². The summed E-state index contributed by atoms with van der Waals surface area (Å²) in [6.07, 6.45) is 3.51. The number of carbonyl (C=O) groups is 1. The molecule has 1 aliphatic rings. The third-order valence-electron chi connectivity index (χ3n) is 3.88. The molecule has 104 valence electrons. The minimum atomic E-state index is -0.812. The Morgan fingerprint density at radius 1 is 1.53 bits per heavy atom. The van der Waals surface area contributed by atoms with Crippen LogP contribution in [0.3, 0.4) is 0 Å². The van der Waals surface area contributed by atoms with Crippen LogP contribution in [-0.4, -0.2) is 16.6 Å². The summed E-state index contributed by atoms with van der Waals surface area (Å²) in [6, 6.07) is 5.13. The van der Waals surface area contributed by atoms with Crippen molar-refractivity contribution in [1.29, 1.82) is 0 Å². The number of aromatic hydroxyl groups is 1. The summed E-state index contributed by atoms with van der Waals surface area (Å²) < 4.78 is 0. The van der Waals surface area contributed by atoms with Crippen LogP contribution in [0.5, 0.6) is 5.75 Å². The molecule has 2 atom stereocenters. The minimum absolute atomic E-state index is 0.0754. The van der Waals surface area contributed by atoms with Crippen molar-refractivity contribution in [3.63, 3.8) is 0 Å². The van der Waals surface area contributed by atoms with Gasteiger partial charge in [-0.05, 0) is 43.4 Å². The molecule has 1 aromatic rings. The molecule has 1 amide bonds. The van der Waals surface area contributed by atoms with Crippen molar-refractivity contribution in [3.8, 4) is 5.75 Å². The number of aryl methyl sites for hydroxylation is 1. The topological polar surface area (TPSA) is 75.3 Å². The standard InChI is InChI=1S/C15H22N2O2/c1-10-5-6-13(18)12(8-10)17-14(19)15(16)7-3-4-11(2)9-15/h5-6,8,11,18H,3-4,7,9,16H2,1-2H3,(H,17,19). The van der Waals surface area contributed by atoms with Gasteiger partial charge in [-0.1, -0.05) is 25.8 Å². The lowest BCUT2D eigenvalue weighted by molar-refractivity contribution is -0.122. The molecule has 0 aromatic heterocycles. The SMILES string of the molecule is Cc1ccc(O)c(NC(=O)C2(N)CCCC(C)C2)c1. The molecule has 0 aliphatic heterocycles. The Kier molecular flexibility index (Phi) is 3.80. The molecule has 1 saturated carbocycles. The largest absolute Gasteiger partial charge is 0.506 e. The first-order valence-electron chi connectivity index (χ1n) is 6.81. The van der Waals surface area contributed by atoms with Gasteiger partial charge in [0, 0.05) is 0 Å². The average molecular weight is 262 g/mol. The molecule has 0 spiro atoms. The van der Waals surface area contributed by atoms with E-state index in [0.717, 1.165) is 18.4 Å². The zero-order valence-electron chi connectivity index (χ0n) is 11.6. The van der Waals surface area contributed by atoms with Crippen LogP contribution >= 0.6 is 0 Å². The molecule has 1 aromatic carbocycles. The van der Waals surface area contributed by atoms with Gasteiger partial charge >= 0.3 is 0 Å². The minimum Gasteiger partial charge on any atom is -0.506 e. The molecule has 0 saturated heterocycles. The number of benzene rings is 1. The third kappa shape index (κ3) is 3.07. The number of carbonyl (C=O) groups excluding carboxylic acids is 1. The van der Waals surface area contributed by atoms with E-state index in [2.05, 4.69) is 12.2 Å². The normalized spacial score (nSPS) is 27.0. The van der Waals surface area contributed by atoms with Crippen LogP contribution in [0.2, 0.25) is 0 Å². The van der Waals surface area contributed by atoms with Crippen molar-refractivity contribution in [2.24, 2.45) is 11.7 Å². The Bertz CT molecular complexity index is 487. The van der Waals surface area contributed by atoms with Crippen LogP contribution in [-0.2, 0) is 4.79 Å². The van der Waals surface area contributed by atoms with Gasteiger partial charge in [0.1, 0.15) is 5.75 Å². The zero-order valence-corrected chi connectivity index (χ0v) is 11.6. The highest BCUT2D eigenvalue weighted by Crippen LogP contribution is 2.32. The monoisotopic (exact) mass is 262 g/mol. The number of anilines is 1. The summed E-state index contributed by atoms with van der Waals surface area (Å²) in [4.78, 5) is 12.4. The van der Waals surface area contributed by atoms with E-state index in [1.54, 1.807) is 18.2 Å². The van der Waals surface area contributed by atoms with Crippen LogP contribution in [0.25, 0.3) is 0 Å². The zero-order chi connectivity index (χ0) is 14.0. The summed E-state index contributed by atoms with van der Waals surface area (Å²) in [6.45, 7) is 4.04. The number of nitrogens with two attached hydrogens (primary N) is 1. The van der Waals surface area contributed by atoms with Crippen LogP contribution < -0.4 is 11.1 Å². The van der Waals surface area contributed by atoms with Crippen molar-refractivity contribution < 1.29 is 9.90 Å². The Hall–Kier alpha value is -1.55. The van der Waals surface area contributed by atoms with Gasteiger partial charge in [0.25, 0.3) is 0 Å². The second-order valence-corrected chi connectivity index (χ2v) is 5.83. The first kappa shape index (κ1) is 13.9. The molecule has 4 heteroatoms. The van der Waals surface area contributed by atoms with E-state index in [-0.39, 0.29) is 11.7 Å². The molecule has 0 radical (unpaired) electrons. The molecule has 4 N–H and O–H groups in total. The lowest BCUT2D eigenvalue weighted by atomic mass is 9.76. The van der Waals surface area contributed by atoms with Crippen molar-refractivity contribution in [2.75, 3.05) is 5.32 Å². The fraction of sp³-hybridized carbons (Fsp3) is 0.533. The van der Waals surface area contributed by atoms with Crippen LogP contribution in [0.15, 0.2) is 18.2 Å². The molecule has 19 heavy (non-hydrogen) atoms. The van der Waals surface area contributed by atoms with Crippen molar-refractivity contribution in [2.45, 2.75) is 45.1 Å². The molecule has 0 heterocycles. The highest BCUT2D eigenvalue weighted by molar-refractivity contribution is 5.99. The predicted octanol–water partition coefficient (Wildman–Crippen LogP) is 2.55.